The third kappa shape index (κ3) is 16.7. The summed E-state index contributed by atoms with van der Waals surface area (Å²) in [5, 5.41) is 130. The summed E-state index contributed by atoms with van der Waals surface area (Å²) in [6.07, 6.45) is -12.0. The number of nitrogens with one attached hydrogen (secondary N) is 6. The molecule has 7 heterocycles. The minimum absolute atomic E-state index is 0.0280. The van der Waals surface area contributed by atoms with Crippen molar-refractivity contribution < 1.29 is 108 Å². The van der Waals surface area contributed by atoms with Gasteiger partial charge in [0.1, 0.15) is 72.0 Å². The van der Waals surface area contributed by atoms with E-state index in [0.29, 0.717) is 0 Å². The Bertz CT molecular complexity index is 3720. The summed E-state index contributed by atoms with van der Waals surface area (Å²) in [4.78, 5) is 93.0. The number of amidine groups is 1. The third-order valence-corrected chi connectivity index (χ3v) is 20.3. The highest BCUT2D eigenvalue weighted by Gasteiger charge is 2.52. The molecule has 102 heavy (non-hydrogen) atoms. The van der Waals surface area contributed by atoms with Gasteiger partial charge in [0, 0.05) is 42.7 Å². The topological polar surface area (TPSA) is 523 Å². The summed E-state index contributed by atoms with van der Waals surface area (Å²) in [5.41, 5.74) is 18.6. The molecule has 34 heteroatoms. The minimum Gasteiger partial charge on any atom is -0.512 e. The highest BCUT2D eigenvalue weighted by Crippen LogP contribution is 2.48. The number of amides is 6. The molecule has 0 aromatic heterocycles. The molecule has 7 aliphatic heterocycles. The number of nitrogens with zero attached hydrogens (tertiary/aromatic N) is 1. The van der Waals surface area contributed by atoms with E-state index in [4.69, 9.17) is 73.8 Å². The molecule has 3 saturated heterocycles. The van der Waals surface area contributed by atoms with Crippen LogP contribution in [0.4, 0.5) is 0 Å². The van der Waals surface area contributed by atoms with Crippen LogP contribution in [0.5, 0.6) is 17.2 Å². The van der Waals surface area contributed by atoms with E-state index in [1.807, 2.05) is 13.8 Å². The van der Waals surface area contributed by atoms with Gasteiger partial charge in [0.25, 0.3) is 0 Å². The van der Waals surface area contributed by atoms with Gasteiger partial charge in [-0.25, -0.2) is 0 Å². The maximum absolute atomic E-state index is 15.6. The predicted octanol–water partition coefficient (Wildman–Crippen LogP) is -2.30. The molecule has 1 aromatic rings. The van der Waals surface area contributed by atoms with Gasteiger partial charge in [-0.3, -0.25) is 33.8 Å². The fourth-order valence-electron chi connectivity index (χ4n) is 14.0. The number of rotatable bonds is 15. The molecule has 6 amide bonds. The summed E-state index contributed by atoms with van der Waals surface area (Å²) in [7, 11) is 1.53. The highest BCUT2D eigenvalue weighted by atomic mass is 35.5. The molecule has 0 radical (unpaired) electrons. The van der Waals surface area contributed by atoms with Gasteiger partial charge in [-0.05, 0) is 123 Å². The number of benzene rings is 1. The zero-order valence-electron chi connectivity index (χ0n) is 56.5. The van der Waals surface area contributed by atoms with E-state index in [9.17, 15) is 65.4 Å². The number of carbonyl (C=O) groups is 6. The van der Waals surface area contributed by atoms with Gasteiger partial charge < -0.3 is 129 Å². The lowest BCUT2D eigenvalue weighted by atomic mass is 9.73. The SMILES string of the molecule is CN[C@H](CC(C)C)C(=O)N[C@H]1C(=O)N[C@@H](CCC(N)=O)C(=O)N[C@H]2C(N)=N[C@H]3C(=O)N[C@H](C(=O)N[C@H](CO)C4=CC(O)CC(O)=C4C4CC3=CC=C4CO)[C@H](O)C3=CC=C(Oc4cc2cc(c4O[C@H]2OC(CO)C(O)[C@H](O)C2O[C@H]2CC(C)(N)[C@H](O)C(C)O2)OC2=C(Cl)C=C(CC2)[C@H]1O)C(Cl)C3. The van der Waals surface area contributed by atoms with Crippen molar-refractivity contribution in [3.63, 3.8) is 0 Å². The lowest BCUT2D eigenvalue weighted by Gasteiger charge is -2.47. The van der Waals surface area contributed by atoms with E-state index < -0.39 is 224 Å². The standard InChI is InChI=1S/C68H90Cl2N10O22/c1-26(2)14-39(74-5)63(93)79-52-54(87)29-8-11-42(36(69)16-29)98-44-18-32-19-45(58(44)102-67-59(57(90)56(89)46(25-83)100-67)101-48-22-68(4,73)60(91)27(3)97-48)99-43-12-9-30(17-37(43)70)55(88)53-66(96)76-40(24-82)35-20-33(84)21-41(85)49(35)34-15-28(6-7-31(34)23-81)51(64(94)80-53)77-61(72)50(32)78-62(92)38(75-65(52)95)10-13-47(71)86/h6-7,9,12,16,18-20,26-27,33-34,37-40,46,48,50-57,59-60,67,74,81-85,87-91H,8,10-11,13-15,17,21-25,73H2,1-5H3,(H2,71,86)(H2,72,77)(H,75,95)(H,76,96)(H,78,92)(H,79,93)(H,80,94)/t27?,33?,34?,37?,38-,39+,40+,46?,48-,50+,51+,52+,53-,54+,55+,56?,57-,59?,60+,67+,68?/m0/s1. The van der Waals surface area contributed by atoms with Gasteiger partial charge in [0.2, 0.25) is 47.5 Å². The number of fused-ring (bicyclic) bond motifs is 14. The van der Waals surface area contributed by atoms with Gasteiger partial charge >= 0.3 is 0 Å². The Morgan fingerprint density at radius 3 is 2.20 bits per heavy atom. The van der Waals surface area contributed by atoms with Crippen molar-refractivity contribution >= 4 is 64.5 Å². The van der Waals surface area contributed by atoms with Crippen molar-refractivity contribution in [1.29, 1.82) is 0 Å². The van der Waals surface area contributed by atoms with E-state index in [0.717, 1.165) is 0 Å². The van der Waals surface area contributed by atoms with E-state index in [2.05, 4.69) is 31.9 Å². The van der Waals surface area contributed by atoms with Crippen LogP contribution in [0.25, 0.3) is 0 Å². The number of hydrogen-bond acceptors (Lipinski definition) is 26. The summed E-state index contributed by atoms with van der Waals surface area (Å²) >= 11 is 14.5. The first kappa shape index (κ1) is 77.3. The Kier molecular flexibility index (Phi) is 24.5. The Balaban J connectivity index is 1.24. The average molecular weight is 1470 g/mol. The van der Waals surface area contributed by atoms with Gasteiger partial charge in [0.05, 0.1) is 66.4 Å². The molecule has 1 aromatic carbocycles. The van der Waals surface area contributed by atoms with Gasteiger partial charge in [-0.1, -0.05) is 43.7 Å². The molecule has 0 saturated carbocycles. The zero-order chi connectivity index (χ0) is 74.1. The van der Waals surface area contributed by atoms with E-state index in [-0.39, 0.29) is 106 Å². The second-order valence-corrected chi connectivity index (χ2v) is 28.5. The molecule has 11 aliphatic rings. The number of allylic oxidation sites excluding steroid dienone is 8. The lowest BCUT2D eigenvalue weighted by molar-refractivity contribution is -0.333. The Morgan fingerprint density at radius 1 is 0.843 bits per heavy atom. The monoisotopic (exact) mass is 1470 g/mol. The zero-order valence-corrected chi connectivity index (χ0v) is 58.0. The number of nitrogens with two attached hydrogens (primary N) is 3. The number of aliphatic hydroxyl groups excluding tert-OH is 10. The number of aliphatic imine (C=N–C) groups is 1. The molecular weight excluding hydrogens is 1380 g/mol. The number of primary amides is 1. The number of likely N-dealkylation sites (N-methyl/N-ethyl adjacent to an activating group) is 1. The highest BCUT2D eigenvalue weighted by molar-refractivity contribution is 6.31. The maximum Gasteiger partial charge on any atom is 0.249 e. The molecule has 11 bridgehead atoms. The third-order valence-electron chi connectivity index (χ3n) is 19.6. The molecule has 32 nitrogen and oxygen atoms in total. The number of carbonyl (C=O) groups excluding carboxylic acids is 6. The molecule has 8 unspecified atom stereocenters. The molecule has 558 valence electrons. The average Bonchev–Trinajstić information content (AvgIpc) is 0.770. The van der Waals surface area contributed by atoms with Crippen LogP contribution in [0.15, 0.2) is 109 Å². The van der Waals surface area contributed by atoms with Crippen molar-refractivity contribution in [2.24, 2.45) is 34.0 Å². The second kappa shape index (κ2) is 32.3. The molecule has 0 spiro atoms. The molecule has 21 atom stereocenters. The van der Waals surface area contributed by atoms with Gasteiger partial charge in [-0.15, -0.1) is 11.6 Å². The maximum atomic E-state index is 15.6. The van der Waals surface area contributed by atoms with Crippen LogP contribution in [0.2, 0.25) is 0 Å². The summed E-state index contributed by atoms with van der Waals surface area (Å²) in [6.45, 7) is 4.42. The van der Waals surface area contributed by atoms with Crippen LogP contribution >= 0.6 is 23.2 Å². The van der Waals surface area contributed by atoms with Crippen molar-refractivity contribution in [2.75, 3.05) is 26.9 Å². The number of alkyl halides is 1. The molecule has 12 rings (SSSR count). The number of halogens is 2. The summed E-state index contributed by atoms with van der Waals surface area (Å²) in [5.74, 6) is -9.88. The van der Waals surface area contributed by atoms with Gasteiger partial charge in [-0.2, -0.15) is 0 Å². The quantitative estimate of drug-likeness (QED) is 0.0821. The lowest BCUT2D eigenvalue weighted by Crippen LogP contribution is -2.64. The Morgan fingerprint density at radius 2 is 1.55 bits per heavy atom. The van der Waals surface area contributed by atoms with Crippen LogP contribution < -0.4 is 63.3 Å². The first-order chi connectivity index (χ1) is 48.3. The second-order valence-electron chi connectivity index (χ2n) is 27.6. The summed E-state index contributed by atoms with van der Waals surface area (Å²) in [6, 6.07) is -9.35. The fourth-order valence-corrected chi connectivity index (χ4v) is 14.6. The molecule has 4 aliphatic carbocycles. The van der Waals surface area contributed by atoms with Crippen molar-refractivity contribution in [1.82, 2.24) is 31.9 Å². The van der Waals surface area contributed by atoms with Crippen LogP contribution in [-0.2, 0) is 43.0 Å². The van der Waals surface area contributed by atoms with Crippen molar-refractivity contribution in [3.05, 3.63) is 110 Å². The smallest absolute Gasteiger partial charge is 0.249 e. The Labute approximate surface area is 596 Å². The van der Waals surface area contributed by atoms with Gasteiger partial charge in [0.15, 0.2) is 29.9 Å². The van der Waals surface area contributed by atoms with Crippen molar-refractivity contribution in [3.8, 4) is 17.2 Å². The summed E-state index contributed by atoms with van der Waals surface area (Å²) < 4.78 is 39.1. The van der Waals surface area contributed by atoms with Crippen LogP contribution in [0.3, 0.4) is 0 Å². The van der Waals surface area contributed by atoms with E-state index in [1.54, 1.807) is 6.92 Å². The first-order valence-electron chi connectivity index (χ1n) is 33.7. The number of hydrogen-bond donors (Lipinski definition) is 19. The van der Waals surface area contributed by atoms with Crippen molar-refractivity contribution in [2.45, 2.75) is 206 Å². The number of aliphatic hydroxyl groups is 10. The molecular formula is C68H90Cl2N10O22. The molecule has 3 fully saturated rings. The minimum atomic E-state index is -1.99. The predicted molar refractivity (Wildman–Crippen MR) is 363 cm³/mol. The van der Waals surface area contributed by atoms with E-state index in [1.165, 1.54) is 62.6 Å². The largest absolute Gasteiger partial charge is 0.512 e. The first-order valence-corrected chi connectivity index (χ1v) is 34.5. The number of ether oxygens (including phenoxy) is 6. The van der Waals surface area contributed by atoms with E-state index >= 15 is 14.4 Å². The Hall–Kier alpha value is -7.35. The fraction of sp³-hybridized carbons (Fsp3) is 0.574. The van der Waals surface area contributed by atoms with Crippen LogP contribution in [0, 0.1) is 11.8 Å². The normalized spacial score (nSPS) is 35.0. The van der Waals surface area contributed by atoms with Crippen LogP contribution in [0.1, 0.15) is 97.1 Å². The van der Waals surface area contributed by atoms with Crippen LogP contribution in [-0.4, -0.2) is 234 Å². The molecule has 22 N–H and O–H groups in total.